The van der Waals surface area contributed by atoms with Crippen molar-refractivity contribution in [2.45, 2.75) is 0 Å². The summed E-state index contributed by atoms with van der Waals surface area (Å²) >= 11 is 1.87. The van der Waals surface area contributed by atoms with Crippen LogP contribution >= 0.6 is 11.3 Å². The van der Waals surface area contributed by atoms with E-state index in [9.17, 15) is 4.39 Å². The van der Waals surface area contributed by atoms with Gasteiger partial charge in [0.15, 0.2) is 0 Å². The summed E-state index contributed by atoms with van der Waals surface area (Å²) in [6.45, 7) is 0. The number of fused-ring (bicyclic) bond motifs is 4. The second-order valence-electron chi connectivity index (χ2n) is 9.14. The van der Waals surface area contributed by atoms with Crippen LogP contribution in [0.15, 0.2) is 127 Å². The first-order valence-corrected chi connectivity index (χ1v) is 12.9. The van der Waals surface area contributed by atoms with Crippen molar-refractivity contribution >= 4 is 42.3 Å². The SMILES string of the molecule is Fc1ccc(-c2ccc3cc(-c4ccc(-c5cccc6c5sc5ccccc56)cc4)ccc3c2)cc1. The molecule has 0 nitrogen and oxygen atoms in total. The first kappa shape index (κ1) is 21.0. The smallest absolute Gasteiger partial charge is 0.123 e. The Morgan fingerprint density at radius 2 is 1.00 bits per heavy atom. The Labute approximate surface area is 212 Å². The molecule has 7 aromatic rings. The van der Waals surface area contributed by atoms with E-state index in [2.05, 4.69) is 103 Å². The molecule has 0 saturated carbocycles. The lowest BCUT2D eigenvalue weighted by molar-refractivity contribution is 0.628. The predicted molar refractivity (Wildman–Crippen MR) is 153 cm³/mol. The fourth-order valence-corrected chi connectivity index (χ4v) is 6.30. The number of thiophene rings is 1. The van der Waals surface area contributed by atoms with Gasteiger partial charge in [-0.3, -0.25) is 0 Å². The highest BCUT2D eigenvalue weighted by Gasteiger charge is 2.10. The molecular formula is C34H21FS. The molecule has 0 bridgehead atoms. The van der Waals surface area contributed by atoms with Crippen molar-refractivity contribution in [1.82, 2.24) is 0 Å². The molecule has 0 aliphatic carbocycles. The van der Waals surface area contributed by atoms with Crippen LogP contribution in [-0.2, 0) is 0 Å². The lowest BCUT2D eigenvalue weighted by Crippen LogP contribution is -1.83. The van der Waals surface area contributed by atoms with Crippen LogP contribution in [0.3, 0.4) is 0 Å². The zero-order valence-electron chi connectivity index (χ0n) is 19.4. The summed E-state index contributed by atoms with van der Waals surface area (Å²) in [5.74, 6) is -0.212. The van der Waals surface area contributed by atoms with Gasteiger partial charge in [0, 0.05) is 20.2 Å². The molecule has 0 fully saturated rings. The van der Waals surface area contributed by atoms with E-state index in [0.29, 0.717) is 0 Å². The molecule has 0 radical (unpaired) electrons. The van der Waals surface area contributed by atoms with Gasteiger partial charge in [0.1, 0.15) is 5.82 Å². The van der Waals surface area contributed by atoms with Gasteiger partial charge in [-0.25, -0.2) is 4.39 Å². The van der Waals surface area contributed by atoms with Gasteiger partial charge in [-0.05, 0) is 74.5 Å². The van der Waals surface area contributed by atoms with Gasteiger partial charge in [-0.2, -0.15) is 0 Å². The molecule has 170 valence electrons. The molecule has 6 aromatic carbocycles. The Kier molecular flexibility index (Phi) is 4.93. The number of halogens is 1. The zero-order valence-corrected chi connectivity index (χ0v) is 20.2. The molecule has 0 aliphatic rings. The van der Waals surface area contributed by atoms with E-state index in [0.717, 1.165) is 11.1 Å². The van der Waals surface area contributed by atoms with Gasteiger partial charge in [0.25, 0.3) is 0 Å². The Morgan fingerprint density at radius 3 is 1.69 bits per heavy atom. The van der Waals surface area contributed by atoms with Gasteiger partial charge < -0.3 is 0 Å². The maximum Gasteiger partial charge on any atom is 0.123 e. The van der Waals surface area contributed by atoms with Crippen molar-refractivity contribution in [3.05, 3.63) is 133 Å². The quantitative estimate of drug-likeness (QED) is 0.236. The van der Waals surface area contributed by atoms with Crippen molar-refractivity contribution in [2.24, 2.45) is 0 Å². The first-order chi connectivity index (χ1) is 17.7. The minimum Gasteiger partial charge on any atom is -0.207 e. The largest absolute Gasteiger partial charge is 0.207 e. The van der Waals surface area contributed by atoms with Crippen LogP contribution in [0.1, 0.15) is 0 Å². The van der Waals surface area contributed by atoms with Crippen molar-refractivity contribution in [3.63, 3.8) is 0 Å². The average molecular weight is 481 g/mol. The third kappa shape index (κ3) is 3.59. The minimum absolute atomic E-state index is 0.212. The van der Waals surface area contributed by atoms with Gasteiger partial charge in [-0.1, -0.05) is 97.1 Å². The maximum atomic E-state index is 13.3. The summed E-state index contributed by atoms with van der Waals surface area (Å²) in [5.41, 5.74) is 7.03. The highest BCUT2D eigenvalue weighted by molar-refractivity contribution is 7.26. The molecule has 0 spiro atoms. The van der Waals surface area contributed by atoms with E-state index in [-0.39, 0.29) is 5.82 Å². The summed E-state index contributed by atoms with van der Waals surface area (Å²) in [7, 11) is 0. The maximum absolute atomic E-state index is 13.3. The van der Waals surface area contributed by atoms with E-state index in [1.54, 1.807) is 0 Å². The normalized spacial score (nSPS) is 11.5. The van der Waals surface area contributed by atoms with Gasteiger partial charge in [0.2, 0.25) is 0 Å². The molecule has 0 N–H and O–H groups in total. The predicted octanol–water partition coefficient (Wildman–Crippen LogP) is 10.3. The molecule has 0 aliphatic heterocycles. The van der Waals surface area contributed by atoms with E-state index < -0.39 is 0 Å². The lowest BCUT2D eigenvalue weighted by atomic mass is 9.96. The van der Waals surface area contributed by atoms with Crippen LogP contribution in [0.2, 0.25) is 0 Å². The standard InChI is InChI=1S/C34H21FS/c35-29-18-16-23(17-19-29)26-13-15-27-20-25(12-14-28(27)21-26)22-8-10-24(11-9-22)30-5-3-6-32-31-4-1-2-7-33(31)36-34(30)32/h1-21H. The summed E-state index contributed by atoms with van der Waals surface area (Å²) in [5, 5.41) is 5.02. The number of benzene rings is 6. The summed E-state index contributed by atoms with van der Waals surface area (Å²) < 4.78 is 16.0. The Balaban J connectivity index is 1.23. The van der Waals surface area contributed by atoms with E-state index in [1.807, 2.05) is 23.5 Å². The summed E-state index contributed by atoms with van der Waals surface area (Å²) in [4.78, 5) is 0. The third-order valence-corrected chi connectivity index (χ3v) is 8.17. The molecule has 7 rings (SSSR count). The van der Waals surface area contributed by atoms with Crippen molar-refractivity contribution < 1.29 is 4.39 Å². The molecule has 36 heavy (non-hydrogen) atoms. The highest BCUT2D eigenvalue weighted by Crippen LogP contribution is 2.40. The molecule has 0 unspecified atom stereocenters. The Bertz CT molecular complexity index is 1880. The monoisotopic (exact) mass is 480 g/mol. The van der Waals surface area contributed by atoms with Crippen LogP contribution in [0, 0.1) is 5.82 Å². The van der Waals surface area contributed by atoms with Crippen molar-refractivity contribution in [1.29, 1.82) is 0 Å². The second-order valence-corrected chi connectivity index (χ2v) is 10.2. The fourth-order valence-electron chi connectivity index (χ4n) is 5.06. The zero-order chi connectivity index (χ0) is 24.1. The van der Waals surface area contributed by atoms with Crippen LogP contribution in [0.4, 0.5) is 4.39 Å². The molecule has 0 atom stereocenters. The summed E-state index contributed by atoms with van der Waals surface area (Å²) in [6.07, 6.45) is 0. The molecule has 2 heteroatoms. The van der Waals surface area contributed by atoms with Crippen LogP contribution in [0.25, 0.3) is 64.3 Å². The van der Waals surface area contributed by atoms with Crippen LogP contribution in [0.5, 0.6) is 0 Å². The van der Waals surface area contributed by atoms with E-state index >= 15 is 0 Å². The number of rotatable bonds is 3. The van der Waals surface area contributed by atoms with E-state index in [4.69, 9.17) is 0 Å². The molecule has 1 aromatic heterocycles. The van der Waals surface area contributed by atoms with Gasteiger partial charge >= 0.3 is 0 Å². The average Bonchev–Trinajstić information content (AvgIpc) is 3.32. The molecule has 1 heterocycles. The molecule has 0 amide bonds. The number of hydrogen-bond acceptors (Lipinski definition) is 1. The second kappa shape index (κ2) is 8.44. The molecule has 0 saturated heterocycles. The number of hydrogen-bond donors (Lipinski definition) is 0. The Morgan fingerprint density at radius 1 is 0.444 bits per heavy atom. The first-order valence-electron chi connectivity index (χ1n) is 12.0. The fraction of sp³-hybridized carbons (Fsp3) is 0. The Hall–Kier alpha value is -4.27. The van der Waals surface area contributed by atoms with Gasteiger partial charge in [-0.15, -0.1) is 11.3 Å². The summed E-state index contributed by atoms with van der Waals surface area (Å²) in [6, 6.07) is 43.8. The lowest BCUT2D eigenvalue weighted by Gasteiger charge is -2.09. The van der Waals surface area contributed by atoms with Crippen LogP contribution < -0.4 is 0 Å². The van der Waals surface area contributed by atoms with Gasteiger partial charge in [0.05, 0.1) is 0 Å². The third-order valence-electron chi connectivity index (χ3n) is 6.95. The van der Waals surface area contributed by atoms with Crippen LogP contribution in [-0.4, -0.2) is 0 Å². The van der Waals surface area contributed by atoms with Crippen molar-refractivity contribution in [3.8, 4) is 33.4 Å². The highest BCUT2D eigenvalue weighted by atomic mass is 32.1. The van der Waals surface area contributed by atoms with Crippen molar-refractivity contribution in [2.75, 3.05) is 0 Å². The topological polar surface area (TPSA) is 0 Å². The minimum atomic E-state index is -0.212. The molecular weight excluding hydrogens is 459 g/mol. The van der Waals surface area contributed by atoms with E-state index in [1.165, 1.54) is 65.3 Å².